The zero-order valence-corrected chi connectivity index (χ0v) is 11.4. The van der Waals surface area contributed by atoms with Crippen LogP contribution in [0.2, 0.25) is 0 Å². The fraction of sp³-hybridized carbons (Fsp3) is 0.600. The number of aryl methyl sites for hydroxylation is 1. The van der Waals surface area contributed by atoms with Gasteiger partial charge in [0.05, 0.1) is 0 Å². The van der Waals surface area contributed by atoms with Crippen LogP contribution in [0.4, 0.5) is 0 Å². The molecule has 0 aliphatic carbocycles. The monoisotopic (exact) mass is 221 g/mol. The van der Waals surface area contributed by atoms with Gasteiger partial charge < -0.3 is 4.90 Å². The molecule has 0 aliphatic rings. The molecule has 1 heteroatoms. The minimum absolute atomic E-state index is 1.15. The number of rotatable bonds is 5. The number of hydrogen-bond acceptors (Lipinski definition) is 1. The van der Waals surface area contributed by atoms with E-state index in [4.69, 9.17) is 0 Å². The van der Waals surface area contributed by atoms with Crippen LogP contribution < -0.4 is 0 Å². The summed E-state index contributed by atoms with van der Waals surface area (Å²) in [6, 6.07) is 10.7. The predicted molar refractivity (Wildman–Crippen MR) is 73.9 cm³/mol. The van der Waals surface area contributed by atoms with E-state index in [1.807, 2.05) is 0 Å². The Labute approximate surface area is 101 Å². The summed E-state index contributed by atoms with van der Waals surface area (Å²) in [7, 11) is 2.17. The molecule has 16 heavy (non-hydrogen) atoms. The number of hydrogen-bond donors (Lipinski definition) is 0. The van der Waals surface area contributed by atoms with Crippen molar-refractivity contribution in [2.75, 3.05) is 20.1 Å². The summed E-state index contributed by atoms with van der Waals surface area (Å²) in [5.41, 5.74) is 1.45. The van der Waals surface area contributed by atoms with E-state index < -0.39 is 0 Å². The molecule has 0 N–H and O–H groups in total. The first-order chi connectivity index (χ1) is 7.74. The normalized spacial score (nSPS) is 9.81. The molecule has 0 aliphatic heterocycles. The van der Waals surface area contributed by atoms with Gasteiger partial charge in [-0.05, 0) is 38.5 Å². The average molecular weight is 221 g/mol. The first-order valence-corrected chi connectivity index (χ1v) is 6.47. The van der Waals surface area contributed by atoms with E-state index in [2.05, 4.69) is 63.1 Å². The lowest BCUT2D eigenvalue weighted by atomic mass is 10.1. The minimum Gasteiger partial charge on any atom is -0.307 e. The topological polar surface area (TPSA) is 3.24 Å². The van der Waals surface area contributed by atoms with Crippen LogP contribution in [0.1, 0.15) is 39.2 Å². The van der Waals surface area contributed by atoms with Gasteiger partial charge in [-0.2, -0.15) is 0 Å². The molecule has 0 spiro atoms. The van der Waals surface area contributed by atoms with Gasteiger partial charge in [0, 0.05) is 0 Å². The Bertz CT molecular complexity index is 230. The molecule has 0 amide bonds. The molecule has 0 atom stereocenters. The third-order valence-electron chi connectivity index (χ3n) is 2.39. The molecular weight excluding hydrogens is 194 g/mol. The second-order valence-electron chi connectivity index (χ2n) is 4.19. The van der Waals surface area contributed by atoms with E-state index >= 15 is 0 Å². The highest BCUT2D eigenvalue weighted by molar-refractivity contribution is 5.14. The Balaban J connectivity index is 0.000000673. The fourth-order valence-electron chi connectivity index (χ4n) is 1.36. The highest BCUT2D eigenvalue weighted by Gasteiger charge is 1.95. The van der Waals surface area contributed by atoms with Crippen LogP contribution in [0.5, 0.6) is 0 Å². The summed E-state index contributed by atoms with van der Waals surface area (Å²) >= 11 is 0. The molecule has 0 radical (unpaired) electrons. The molecule has 1 nitrogen and oxygen atoms in total. The molecule has 0 saturated carbocycles. The van der Waals surface area contributed by atoms with Crippen LogP contribution in [0.25, 0.3) is 0 Å². The number of benzene rings is 1. The summed E-state index contributed by atoms with van der Waals surface area (Å²) in [5.74, 6) is 0. The summed E-state index contributed by atoms with van der Waals surface area (Å²) in [6.07, 6.45) is 3.71. The van der Waals surface area contributed by atoms with Crippen molar-refractivity contribution in [3.63, 3.8) is 0 Å². The standard InChI is InChI=1S/C12H19N.C3H8/c1-3-13(2)11-7-10-12-8-5-4-6-9-12;1-3-2/h4-6,8-9H,3,7,10-11H2,1-2H3;3H2,1-2H3. The van der Waals surface area contributed by atoms with Crippen molar-refractivity contribution in [3.8, 4) is 0 Å². The molecule has 92 valence electrons. The van der Waals surface area contributed by atoms with Crippen LogP contribution in [-0.4, -0.2) is 25.0 Å². The van der Waals surface area contributed by atoms with Crippen molar-refractivity contribution in [1.82, 2.24) is 4.90 Å². The van der Waals surface area contributed by atoms with Crippen molar-refractivity contribution in [2.45, 2.75) is 40.0 Å². The van der Waals surface area contributed by atoms with Gasteiger partial charge >= 0.3 is 0 Å². The lowest BCUT2D eigenvalue weighted by Crippen LogP contribution is -2.19. The number of nitrogens with zero attached hydrogens (tertiary/aromatic N) is 1. The van der Waals surface area contributed by atoms with E-state index in [0.717, 1.165) is 6.54 Å². The summed E-state index contributed by atoms with van der Waals surface area (Å²) < 4.78 is 0. The van der Waals surface area contributed by atoms with Gasteiger partial charge in [-0.1, -0.05) is 57.5 Å². The van der Waals surface area contributed by atoms with Gasteiger partial charge in [0.1, 0.15) is 0 Å². The molecule has 1 rings (SSSR count). The van der Waals surface area contributed by atoms with Gasteiger partial charge in [0.2, 0.25) is 0 Å². The van der Waals surface area contributed by atoms with Crippen molar-refractivity contribution >= 4 is 0 Å². The minimum atomic E-state index is 1.15. The largest absolute Gasteiger partial charge is 0.307 e. The Morgan fingerprint density at radius 1 is 1.00 bits per heavy atom. The Hall–Kier alpha value is -0.820. The third kappa shape index (κ3) is 8.49. The Morgan fingerprint density at radius 2 is 1.56 bits per heavy atom. The van der Waals surface area contributed by atoms with Crippen LogP contribution in [0.15, 0.2) is 30.3 Å². The first kappa shape index (κ1) is 15.2. The maximum atomic E-state index is 2.35. The fourth-order valence-corrected chi connectivity index (χ4v) is 1.36. The molecule has 0 fully saturated rings. The third-order valence-corrected chi connectivity index (χ3v) is 2.39. The summed E-state index contributed by atoms with van der Waals surface area (Å²) in [4.78, 5) is 2.35. The lowest BCUT2D eigenvalue weighted by Gasteiger charge is -2.12. The molecule has 0 aromatic heterocycles. The summed E-state index contributed by atoms with van der Waals surface area (Å²) in [5, 5.41) is 0. The van der Waals surface area contributed by atoms with E-state index in [1.165, 1.54) is 31.4 Å². The molecule has 1 aromatic rings. The van der Waals surface area contributed by atoms with Crippen molar-refractivity contribution in [2.24, 2.45) is 0 Å². The van der Waals surface area contributed by atoms with Gasteiger partial charge in [-0.3, -0.25) is 0 Å². The second kappa shape index (κ2) is 10.7. The molecular formula is C15H27N. The zero-order chi connectivity index (χ0) is 12.2. The van der Waals surface area contributed by atoms with Crippen LogP contribution >= 0.6 is 0 Å². The Kier molecular flexibility index (Phi) is 10.1. The Morgan fingerprint density at radius 3 is 2.06 bits per heavy atom. The van der Waals surface area contributed by atoms with Crippen LogP contribution in [0, 0.1) is 0 Å². The van der Waals surface area contributed by atoms with Gasteiger partial charge in [0.25, 0.3) is 0 Å². The van der Waals surface area contributed by atoms with Crippen molar-refractivity contribution in [3.05, 3.63) is 35.9 Å². The van der Waals surface area contributed by atoms with E-state index in [9.17, 15) is 0 Å². The lowest BCUT2D eigenvalue weighted by molar-refractivity contribution is 0.347. The molecule has 0 unspecified atom stereocenters. The van der Waals surface area contributed by atoms with Crippen molar-refractivity contribution < 1.29 is 0 Å². The van der Waals surface area contributed by atoms with Crippen LogP contribution in [-0.2, 0) is 6.42 Å². The molecule has 0 heterocycles. The average Bonchev–Trinajstić information content (AvgIpc) is 2.31. The predicted octanol–water partition coefficient (Wildman–Crippen LogP) is 3.99. The maximum absolute atomic E-state index is 2.35. The molecule has 1 aromatic carbocycles. The highest BCUT2D eigenvalue weighted by atomic mass is 15.1. The second-order valence-corrected chi connectivity index (χ2v) is 4.19. The molecule has 0 saturated heterocycles. The maximum Gasteiger partial charge on any atom is -0.00187 e. The van der Waals surface area contributed by atoms with Gasteiger partial charge in [-0.15, -0.1) is 0 Å². The van der Waals surface area contributed by atoms with E-state index in [0.29, 0.717) is 0 Å². The summed E-state index contributed by atoms with van der Waals surface area (Å²) in [6.45, 7) is 8.79. The smallest absolute Gasteiger partial charge is 0.00187 e. The van der Waals surface area contributed by atoms with E-state index in [1.54, 1.807) is 0 Å². The molecule has 0 bridgehead atoms. The van der Waals surface area contributed by atoms with Gasteiger partial charge in [0.15, 0.2) is 0 Å². The van der Waals surface area contributed by atoms with E-state index in [-0.39, 0.29) is 0 Å². The highest BCUT2D eigenvalue weighted by Crippen LogP contribution is 2.02. The SMILES string of the molecule is CCC.CCN(C)CCCc1ccccc1. The first-order valence-electron chi connectivity index (χ1n) is 6.47. The van der Waals surface area contributed by atoms with Gasteiger partial charge in [-0.25, -0.2) is 0 Å². The van der Waals surface area contributed by atoms with Crippen molar-refractivity contribution in [1.29, 1.82) is 0 Å². The quantitative estimate of drug-likeness (QED) is 0.727. The zero-order valence-electron chi connectivity index (χ0n) is 11.4. The van der Waals surface area contributed by atoms with Crippen LogP contribution in [0.3, 0.4) is 0 Å².